The molecule has 0 aromatic heterocycles. The number of hydrogen-bond acceptors (Lipinski definition) is 4. The third-order valence-corrected chi connectivity index (χ3v) is 5.96. The lowest BCUT2D eigenvalue weighted by Gasteiger charge is -2.30. The van der Waals surface area contributed by atoms with Gasteiger partial charge in [0.15, 0.2) is 0 Å². The van der Waals surface area contributed by atoms with Crippen LogP contribution in [0.5, 0.6) is 5.75 Å². The molecule has 1 fully saturated rings. The van der Waals surface area contributed by atoms with Crippen molar-refractivity contribution in [3.8, 4) is 5.75 Å². The van der Waals surface area contributed by atoms with Crippen molar-refractivity contribution < 1.29 is 23.1 Å². The molecule has 2 rings (SSSR count). The second-order valence-corrected chi connectivity index (χ2v) is 7.24. The normalized spacial score (nSPS) is 23.2. The van der Waals surface area contributed by atoms with E-state index in [1.54, 1.807) is 19.1 Å². The van der Waals surface area contributed by atoms with Crippen LogP contribution in [0, 0.1) is 6.92 Å². The van der Waals surface area contributed by atoms with Crippen molar-refractivity contribution in [1.29, 1.82) is 0 Å². The van der Waals surface area contributed by atoms with Gasteiger partial charge in [-0.2, -0.15) is 4.31 Å². The number of hydrogen-bond donors (Lipinski definition) is 1. The van der Waals surface area contributed by atoms with Gasteiger partial charge in [0.25, 0.3) is 0 Å². The fourth-order valence-electron chi connectivity index (χ4n) is 2.64. The zero-order valence-corrected chi connectivity index (χ0v) is 13.1. The van der Waals surface area contributed by atoms with E-state index in [1.165, 1.54) is 20.1 Å². The number of ether oxygens (including phenoxy) is 1. The molecule has 1 saturated heterocycles. The molecular weight excluding hydrogens is 294 g/mol. The molecule has 7 heteroatoms. The van der Waals surface area contributed by atoms with Gasteiger partial charge in [-0.3, -0.25) is 4.79 Å². The average Bonchev–Trinajstić information content (AvgIpc) is 2.83. The molecule has 1 atom stereocenters. The number of nitrogens with zero attached hydrogens (tertiary/aromatic N) is 1. The number of aryl methyl sites for hydroxylation is 1. The second kappa shape index (κ2) is 5.31. The molecule has 0 spiro atoms. The van der Waals surface area contributed by atoms with E-state index in [1.807, 2.05) is 0 Å². The largest absolute Gasteiger partial charge is 0.495 e. The SMILES string of the molecule is COc1ccc(C)cc1S(=O)(=O)N1CCCC1(C)C(=O)O. The van der Waals surface area contributed by atoms with Gasteiger partial charge in [-0.25, -0.2) is 8.42 Å². The molecule has 0 amide bonds. The van der Waals surface area contributed by atoms with Crippen molar-refractivity contribution in [3.05, 3.63) is 23.8 Å². The van der Waals surface area contributed by atoms with Gasteiger partial charge in [0.1, 0.15) is 16.2 Å². The standard InChI is InChI=1S/C14H19NO5S/c1-10-5-6-11(20-3)12(9-10)21(18,19)15-8-4-7-14(15,2)13(16)17/h5-6,9H,4,7-8H2,1-3H3,(H,16,17). The number of carboxylic acids is 1. The topological polar surface area (TPSA) is 83.9 Å². The van der Waals surface area contributed by atoms with E-state index in [2.05, 4.69) is 0 Å². The number of rotatable bonds is 4. The highest BCUT2D eigenvalue weighted by Crippen LogP contribution is 2.37. The summed E-state index contributed by atoms with van der Waals surface area (Å²) in [5.74, 6) is -0.907. The van der Waals surface area contributed by atoms with Gasteiger partial charge in [0.2, 0.25) is 10.0 Å². The lowest BCUT2D eigenvalue weighted by atomic mass is 10.0. The van der Waals surface area contributed by atoms with Crippen LogP contribution in [0.25, 0.3) is 0 Å². The molecule has 6 nitrogen and oxygen atoms in total. The van der Waals surface area contributed by atoms with Gasteiger partial charge in [0.05, 0.1) is 7.11 Å². The Morgan fingerprint density at radius 2 is 2.10 bits per heavy atom. The minimum Gasteiger partial charge on any atom is -0.495 e. The first-order valence-corrected chi connectivity index (χ1v) is 8.08. The van der Waals surface area contributed by atoms with Crippen LogP contribution in [-0.4, -0.2) is 43.0 Å². The molecule has 116 valence electrons. The Bertz CT molecular complexity index is 670. The summed E-state index contributed by atoms with van der Waals surface area (Å²) in [6.45, 7) is 3.42. The van der Waals surface area contributed by atoms with Crippen LogP contribution < -0.4 is 4.74 Å². The van der Waals surface area contributed by atoms with Crippen LogP contribution in [0.1, 0.15) is 25.3 Å². The third-order valence-electron chi connectivity index (χ3n) is 3.92. The molecule has 1 aliphatic heterocycles. The van der Waals surface area contributed by atoms with Gasteiger partial charge in [-0.1, -0.05) is 6.07 Å². The number of methoxy groups -OCH3 is 1. The second-order valence-electron chi connectivity index (χ2n) is 5.41. The number of benzene rings is 1. The Kier molecular flexibility index (Phi) is 3.99. The molecule has 1 aromatic carbocycles. The predicted octanol–water partition coefficient (Wildman–Crippen LogP) is 1.63. The molecule has 0 bridgehead atoms. The maximum Gasteiger partial charge on any atom is 0.324 e. The van der Waals surface area contributed by atoms with Crippen molar-refractivity contribution in [3.63, 3.8) is 0 Å². The number of carboxylic acid groups (broad SMARTS) is 1. The summed E-state index contributed by atoms with van der Waals surface area (Å²) in [5, 5.41) is 9.40. The average molecular weight is 313 g/mol. The smallest absolute Gasteiger partial charge is 0.324 e. The van der Waals surface area contributed by atoms with Crippen molar-refractivity contribution in [1.82, 2.24) is 4.31 Å². The van der Waals surface area contributed by atoms with Crippen molar-refractivity contribution in [2.24, 2.45) is 0 Å². The summed E-state index contributed by atoms with van der Waals surface area (Å²) < 4.78 is 31.9. The van der Waals surface area contributed by atoms with Gasteiger partial charge < -0.3 is 9.84 Å². The summed E-state index contributed by atoms with van der Waals surface area (Å²) in [6, 6.07) is 4.84. The monoisotopic (exact) mass is 313 g/mol. The van der Waals surface area contributed by atoms with Crippen molar-refractivity contribution in [2.75, 3.05) is 13.7 Å². The van der Waals surface area contributed by atoms with Crippen LogP contribution in [0.4, 0.5) is 0 Å². The maximum absolute atomic E-state index is 12.9. The first kappa shape index (κ1) is 15.8. The molecule has 1 heterocycles. The fraction of sp³-hybridized carbons (Fsp3) is 0.500. The number of sulfonamides is 1. The van der Waals surface area contributed by atoms with Crippen LogP contribution >= 0.6 is 0 Å². The maximum atomic E-state index is 12.9. The highest BCUT2D eigenvalue weighted by atomic mass is 32.2. The third kappa shape index (κ3) is 2.51. The summed E-state index contributed by atoms with van der Waals surface area (Å²) in [7, 11) is -2.54. The molecular formula is C14H19NO5S. The summed E-state index contributed by atoms with van der Waals surface area (Å²) in [4.78, 5) is 11.5. The number of aliphatic carboxylic acids is 1. The Morgan fingerprint density at radius 3 is 2.67 bits per heavy atom. The molecule has 21 heavy (non-hydrogen) atoms. The Morgan fingerprint density at radius 1 is 1.43 bits per heavy atom. The Labute approximate surface area is 124 Å². The summed E-state index contributed by atoms with van der Waals surface area (Å²) in [6.07, 6.45) is 0.825. The minimum absolute atomic E-state index is 0.0133. The first-order chi connectivity index (χ1) is 9.73. The van der Waals surface area contributed by atoms with Crippen LogP contribution in [0.3, 0.4) is 0 Å². The van der Waals surface area contributed by atoms with E-state index < -0.39 is 21.5 Å². The minimum atomic E-state index is -3.93. The zero-order chi connectivity index (χ0) is 15.8. The van der Waals surface area contributed by atoms with E-state index in [0.717, 1.165) is 9.87 Å². The summed E-state index contributed by atoms with van der Waals surface area (Å²) in [5.41, 5.74) is -0.640. The van der Waals surface area contributed by atoms with Gasteiger partial charge in [0, 0.05) is 6.54 Å². The van der Waals surface area contributed by atoms with E-state index in [4.69, 9.17) is 4.74 Å². The lowest BCUT2D eigenvalue weighted by molar-refractivity contribution is -0.146. The highest BCUT2D eigenvalue weighted by molar-refractivity contribution is 7.89. The van der Waals surface area contributed by atoms with Crippen molar-refractivity contribution in [2.45, 2.75) is 37.1 Å². The molecule has 1 N–H and O–H groups in total. The number of carbonyl (C=O) groups is 1. The molecule has 1 aromatic rings. The quantitative estimate of drug-likeness (QED) is 0.913. The first-order valence-electron chi connectivity index (χ1n) is 6.64. The van der Waals surface area contributed by atoms with Crippen LogP contribution in [0.2, 0.25) is 0 Å². The van der Waals surface area contributed by atoms with E-state index in [0.29, 0.717) is 12.8 Å². The molecule has 0 aliphatic carbocycles. The predicted molar refractivity (Wildman–Crippen MR) is 76.9 cm³/mol. The fourth-order valence-corrected chi connectivity index (χ4v) is 4.69. The lowest BCUT2D eigenvalue weighted by Crippen LogP contribution is -2.50. The van der Waals surface area contributed by atoms with Gasteiger partial charge in [-0.05, 0) is 44.4 Å². The van der Waals surface area contributed by atoms with Gasteiger partial charge in [-0.15, -0.1) is 0 Å². The van der Waals surface area contributed by atoms with E-state index in [9.17, 15) is 18.3 Å². The van der Waals surface area contributed by atoms with Gasteiger partial charge >= 0.3 is 5.97 Å². The molecule has 0 radical (unpaired) electrons. The highest BCUT2D eigenvalue weighted by Gasteiger charge is 2.50. The molecule has 0 saturated carbocycles. The Hall–Kier alpha value is -1.60. The molecule has 1 unspecified atom stereocenters. The zero-order valence-electron chi connectivity index (χ0n) is 12.3. The van der Waals surface area contributed by atoms with E-state index >= 15 is 0 Å². The van der Waals surface area contributed by atoms with E-state index in [-0.39, 0.29) is 17.2 Å². The summed E-state index contributed by atoms with van der Waals surface area (Å²) >= 11 is 0. The van der Waals surface area contributed by atoms with Crippen LogP contribution in [0.15, 0.2) is 23.1 Å². The molecule has 1 aliphatic rings. The van der Waals surface area contributed by atoms with Crippen molar-refractivity contribution >= 4 is 16.0 Å². The Balaban J connectivity index is 2.57. The van der Waals surface area contributed by atoms with Crippen LogP contribution in [-0.2, 0) is 14.8 Å².